The summed E-state index contributed by atoms with van der Waals surface area (Å²) in [4.78, 5) is 0. The molecule has 84 valence electrons. The van der Waals surface area contributed by atoms with Crippen molar-refractivity contribution in [2.45, 2.75) is 32.7 Å². The average Bonchev–Trinajstić information content (AvgIpc) is 2.23. The summed E-state index contributed by atoms with van der Waals surface area (Å²) in [6.07, 6.45) is 12.0. The van der Waals surface area contributed by atoms with E-state index in [-0.39, 0.29) is 5.54 Å². The van der Waals surface area contributed by atoms with E-state index in [4.69, 9.17) is 0 Å². The van der Waals surface area contributed by atoms with Crippen LogP contribution < -0.4 is 10.6 Å². The number of rotatable bonds is 5. The lowest BCUT2D eigenvalue weighted by atomic mass is 9.89. The van der Waals surface area contributed by atoms with Crippen LogP contribution in [0.4, 0.5) is 0 Å². The van der Waals surface area contributed by atoms with Crippen LogP contribution in [-0.2, 0) is 0 Å². The van der Waals surface area contributed by atoms with Crippen LogP contribution in [0.1, 0.15) is 27.2 Å². The van der Waals surface area contributed by atoms with Crippen molar-refractivity contribution in [3.63, 3.8) is 0 Å². The molecule has 1 rings (SSSR count). The van der Waals surface area contributed by atoms with Gasteiger partial charge in [-0.3, -0.25) is 0 Å². The number of hydrogen-bond acceptors (Lipinski definition) is 2. The molecule has 0 heterocycles. The van der Waals surface area contributed by atoms with Gasteiger partial charge in [0, 0.05) is 12.2 Å². The highest BCUT2D eigenvalue weighted by Gasteiger charge is 2.23. The van der Waals surface area contributed by atoms with Crippen molar-refractivity contribution in [2.75, 3.05) is 13.1 Å². The maximum absolute atomic E-state index is 3.52. The molecule has 0 aromatic rings. The van der Waals surface area contributed by atoms with Crippen LogP contribution in [0.3, 0.4) is 0 Å². The summed E-state index contributed by atoms with van der Waals surface area (Å²) in [6.45, 7) is 8.29. The van der Waals surface area contributed by atoms with Crippen molar-refractivity contribution >= 4 is 0 Å². The molecule has 0 fully saturated rings. The topological polar surface area (TPSA) is 24.1 Å². The average molecular weight is 206 g/mol. The molecule has 0 saturated heterocycles. The van der Waals surface area contributed by atoms with Crippen molar-refractivity contribution in [3.05, 3.63) is 36.1 Å². The zero-order chi connectivity index (χ0) is 11.1. The molecule has 0 amide bonds. The molecule has 2 N–H and O–H groups in total. The smallest absolute Gasteiger partial charge is 0.0589 e. The zero-order valence-electron chi connectivity index (χ0n) is 10.0. The highest BCUT2D eigenvalue weighted by molar-refractivity contribution is 5.32. The Kier molecular flexibility index (Phi) is 4.63. The first-order valence-electron chi connectivity index (χ1n) is 5.78. The molecule has 1 aliphatic rings. The Hall–Kier alpha value is -1.02. The van der Waals surface area contributed by atoms with E-state index >= 15 is 0 Å². The first kappa shape index (κ1) is 12.1. The van der Waals surface area contributed by atoms with Crippen molar-refractivity contribution in [1.29, 1.82) is 0 Å². The Morgan fingerprint density at radius 2 is 2.20 bits per heavy atom. The van der Waals surface area contributed by atoms with Gasteiger partial charge in [0.25, 0.3) is 0 Å². The summed E-state index contributed by atoms with van der Waals surface area (Å²) in [6, 6.07) is 0. The lowest BCUT2D eigenvalue weighted by Crippen LogP contribution is -2.42. The van der Waals surface area contributed by atoms with Gasteiger partial charge in [-0.1, -0.05) is 31.2 Å². The minimum Gasteiger partial charge on any atom is -0.386 e. The van der Waals surface area contributed by atoms with Crippen LogP contribution in [-0.4, -0.2) is 18.6 Å². The maximum atomic E-state index is 3.52. The van der Waals surface area contributed by atoms with Gasteiger partial charge in [-0.05, 0) is 32.9 Å². The lowest BCUT2D eigenvalue weighted by Gasteiger charge is -2.30. The summed E-state index contributed by atoms with van der Waals surface area (Å²) < 4.78 is 0. The third-order valence-electron chi connectivity index (χ3n) is 2.57. The Balaban J connectivity index is 2.70. The standard InChI is InChI=1S/C13H22N2/c1-4-9-13(15-6-3)10-7-12(8-11-13)14-5-2/h4,7-10,14-15H,5-6,11H2,1-3H3. The fourth-order valence-electron chi connectivity index (χ4n) is 1.93. The van der Waals surface area contributed by atoms with Gasteiger partial charge in [0.15, 0.2) is 0 Å². The molecule has 0 radical (unpaired) electrons. The van der Waals surface area contributed by atoms with Gasteiger partial charge in [-0.25, -0.2) is 0 Å². The Labute approximate surface area is 93.1 Å². The van der Waals surface area contributed by atoms with Gasteiger partial charge in [0.2, 0.25) is 0 Å². The summed E-state index contributed by atoms with van der Waals surface area (Å²) in [5.41, 5.74) is 1.26. The third-order valence-corrected chi connectivity index (χ3v) is 2.57. The second-order valence-electron chi connectivity index (χ2n) is 3.80. The van der Waals surface area contributed by atoms with Crippen molar-refractivity contribution < 1.29 is 0 Å². The SMILES string of the molecule is CC=CC1(NCC)C=CC(NCC)=CC1. The first-order chi connectivity index (χ1) is 7.26. The highest BCUT2D eigenvalue weighted by atomic mass is 15.0. The minimum atomic E-state index is 0.0302. The zero-order valence-corrected chi connectivity index (χ0v) is 10.0. The number of allylic oxidation sites excluding steroid dienone is 2. The molecule has 2 nitrogen and oxygen atoms in total. The van der Waals surface area contributed by atoms with Gasteiger partial charge in [0.1, 0.15) is 0 Å². The largest absolute Gasteiger partial charge is 0.386 e. The molecule has 0 aliphatic heterocycles. The van der Waals surface area contributed by atoms with Gasteiger partial charge < -0.3 is 10.6 Å². The van der Waals surface area contributed by atoms with E-state index in [0.29, 0.717) is 0 Å². The lowest BCUT2D eigenvalue weighted by molar-refractivity contribution is 0.497. The Morgan fingerprint density at radius 1 is 1.40 bits per heavy atom. The fraction of sp³-hybridized carbons (Fsp3) is 0.538. The second-order valence-corrected chi connectivity index (χ2v) is 3.80. The minimum absolute atomic E-state index is 0.0302. The third kappa shape index (κ3) is 3.24. The van der Waals surface area contributed by atoms with Crippen LogP contribution in [0.15, 0.2) is 36.1 Å². The predicted molar refractivity (Wildman–Crippen MR) is 66.7 cm³/mol. The van der Waals surface area contributed by atoms with Crippen LogP contribution in [0.25, 0.3) is 0 Å². The predicted octanol–water partition coefficient (Wildman–Crippen LogP) is 2.36. The molecule has 1 atom stereocenters. The Morgan fingerprint density at radius 3 is 2.67 bits per heavy atom. The molecule has 1 unspecified atom stereocenters. The van der Waals surface area contributed by atoms with E-state index in [1.807, 2.05) is 0 Å². The monoisotopic (exact) mass is 206 g/mol. The van der Waals surface area contributed by atoms with Crippen LogP contribution in [0, 0.1) is 0 Å². The first-order valence-corrected chi connectivity index (χ1v) is 5.78. The molecule has 0 aromatic heterocycles. The molecule has 2 heteroatoms. The van der Waals surface area contributed by atoms with E-state index in [1.165, 1.54) is 5.70 Å². The van der Waals surface area contributed by atoms with E-state index in [0.717, 1.165) is 19.5 Å². The van der Waals surface area contributed by atoms with E-state index in [9.17, 15) is 0 Å². The number of nitrogens with one attached hydrogen (secondary N) is 2. The van der Waals surface area contributed by atoms with E-state index in [1.54, 1.807) is 0 Å². The van der Waals surface area contributed by atoms with Gasteiger partial charge in [0.05, 0.1) is 5.54 Å². The highest BCUT2D eigenvalue weighted by Crippen LogP contribution is 2.21. The number of likely N-dealkylation sites (N-methyl/N-ethyl adjacent to an activating group) is 2. The summed E-state index contributed by atoms with van der Waals surface area (Å²) in [7, 11) is 0. The molecule has 0 spiro atoms. The van der Waals surface area contributed by atoms with Crippen molar-refractivity contribution in [2.24, 2.45) is 0 Å². The van der Waals surface area contributed by atoms with Gasteiger partial charge in [-0.15, -0.1) is 0 Å². The van der Waals surface area contributed by atoms with Gasteiger partial charge in [-0.2, -0.15) is 0 Å². The molecule has 0 saturated carbocycles. The molecular formula is C13H22N2. The second kappa shape index (κ2) is 5.76. The van der Waals surface area contributed by atoms with Crippen molar-refractivity contribution in [1.82, 2.24) is 10.6 Å². The Bertz CT molecular complexity index is 276. The molecular weight excluding hydrogens is 184 g/mol. The summed E-state index contributed by atoms with van der Waals surface area (Å²) in [5, 5.41) is 6.84. The van der Waals surface area contributed by atoms with E-state index < -0.39 is 0 Å². The fourth-order valence-corrected chi connectivity index (χ4v) is 1.93. The normalized spacial score (nSPS) is 25.7. The van der Waals surface area contributed by atoms with Crippen LogP contribution in [0.2, 0.25) is 0 Å². The molecule has 0 aromatic carbocycles. The van der Waals surface area contributed by atoms with Crippen LogP contribution in [0.5, 0.6) is 0 Å². The molecule has 15 heavy (non-hydrogen) atoms. The van der Waals surface area contributed by atoms with Crippen LogP contribution >= 0.6 is 0 Å². The number of hydrogen-bond donors (Lipinski definition) is 2. The quantitative estimate of drug-likeness (QED) is 0.675. The summed E-state index contributed by atoms with van der Waals surface area (Å²) >= 11 is 0. The maximum Gasteiger partial charge on any atom is 0.0589 e. The molecule has 0 bridgehead atoms. The molecule has 1 aliphatic carbocycles. The van der Waals surface area contributed by atoms with Gasteiger partial charge >= 0.3 is 0 Å². The summed E-state index contributed by atoms with van der Waals surface area (Å²) in [5.74, 6) is 0. The van der Waals surface area contributed by atoms with Crippen molar-refractivity contribution in [3.8, 4) is 0 Å². The van der Waals surface area contributed by atoms with E-state index in [2.05, 4.69) is 61.8 Å².